The molecule has 1 aromatic carbocycles. The summed E-state index contributed by atoms with van der Waals surface area (Å²) in [6, 6.07) is 9.76. The predicted molar refractivity (Wildman–Crippen MR) is 112 cm³/mol. The lowest BCUT2D eigenvalue weighted by atomic mass is 10.1. The zero-order valence-electron chi connectivity index (χ0n) is 15.8. The number of benzene rings is 1. The van der Waals surface area contributed by atoms with Gasteiger partial charge in [0.1, 0.15) is 5.02 Å². The third-order valence-electron chi connectivity index (χ3n) is 4.15. The summed E-state index contributed by atoms with van der Waals surface area (Å²) in [4.78, 5) is 15.2. The molecular weight excluding hydrogens is 360 g/mol. The molecule has 0 bridgehead atoms. The van der Waals surface area contributed by atoms with Gasteiger partial charge in [-0.1, -0.05) is 61.2 Å². The smallest absolute Gasteiger partial charge is 0.241 e. The molecule has 0 aliphatic carbocycles. The molecule has 2 rings (SSSR count). The molecule has 0 fully saturated rings. The van der Waals surface area contributed by atoms with Crippen molar-refractivity contribution in [2.45, 2.75) is 45.4 Å². The topological polar surface area (TPSA) is 65.2 Å². The van der Waals surface area contributed by atoms with Crippen LogP contribution in [0.1, 0.15) is 45.4 Å². The van der Waals surface area contributed by atoms with Crippen LogP contribution in [0.4, 0.5) is 0 Å². The number of pyridine rings is 1. The number of rotatable bonds is 11. The number of halogens is 1. The normalized spacial score (nSPS) is 12.0. The summed E-state index contributed by atoms with van der Waals surface area (Å²) in [6.07, 6.45) is 12.1. The van der Waals surface area contributed by atoms with E-state index in [0.717, 1.165) is 42.2 Å². The number of nitrogens with zero attached hydrogens (tertiary/aromatic N) is 1. The number of hydrogen-bond acceptors (Lipinski definition) is 3. The van der Waals surface area contributed by atoms with Gasteiger partial charge in [-0.05, 0) is 43.9 Å². The number of para-hydroxylation sites is 1. The number of unbranched alkanes of at least 4 members (excludes halogenated alkanes) is 5. The average Bonchev–Trinajstić information content (AvgIpc) is 2.62. The second-order valence-electron chi connectivity index (χ2n) is 6.57. The third kappa shape index (κ3) is 7.83. The molecule has 0 aliphatic rings. The Bertz CT molecular complexity index is 815. The number of primary amides is 1. The first-order chi connectivity index (χ1) is 13.1. The van der Waals surface area contributed by atoms with E-state index in [2.05, 4.69) is 11.1 Å². The number of allylic oxidation sites excluding steroid dienone is 3. The van der Waals surface area contributed by atoms with E-state index >= 15 is 0 Å². The maximum atomic E-state index is 10.7. The van der Waals surface area contributed by atoms with Crippen molar-refractivity contribution in [1.29, 1.82) is 0 Å². The third-order valence-corrected chi connectivity index (χ3v) is 4.42. The standard InChI is InChI=1S/C22H27ClN2O2/c1-17(15-21(24)26)11-7-5-3-2-4-6-10-14-27-22-19(23)16-18-12-8-9-13-20(18)25-22/h7-9,11-13,15-16H,2-6,10,14H2,1H3,(H2,24,26). The van der Waals surface area contributed by atoms with Crippen LogP contribution < -0.4 is 10.5 Å². The molecule has 0 saturated carbocycles. The average molecular weight is 387 g/mol. The Kier molecular flexibility index (Phi) is 8.85. The predicted octanol–water partition coefficient (Wildman–Crippen LogP) is 5.60. The summed E-state index contributed by atoms with van der Waals surface area (Å²) in [5.74, 6) is 0.111. The lowest BCUT2D eigenvalue weighted by Crippen LogP contribution is -2.06. The highest BCUT2D eigenvalue weighted by molar-refractivity contribution is 6.32. The number of carbonyl (C=O) groups excluding carboxylic acids is 1. The summed E-state index contributed by atoms with van der Waals surface area (Å²) in [6.45, 7) is 2.50. The van der Waals surface area contributed by atoms with Crippen molar-refractivity contribution >= 4 is 28.4 Å². The van der Waals surface area contributed by atoms with Gasteiger partial charge in [0.05, 0.1) is 12.1 Å². The van der Waals surface area contributed by atoms with Crippen LogP contribution >= 0.6 is 11.6 Å². The van der Waals surface area contributed by atoms with E-state index in [1.165, 1.54) is 18.9 Å². The summed E-state index contributed by atoms with van der Waals surface area (Å²) < 4.78 is 5.75. The van der Waals surface area contributed by atoms with Gasteiger partial charge in [0, 0.05) is 11.5 Å². The van der Waals surface area contributed by atoms with E-state index in [-0.39, 0.29) is 0 Å². The van der Waals surface area contributed by atoms with Crippen LogP contribution in [-0.2, 0) is 4.79 Å². The van der Waals surface area contributed by atoms with Gasteiger partial charge >= 0.3 is 0 Å². The summed E-state index contributed by atoms with van der Waals surface area (Å²) >= 11 is 6.24. The quantitative estimate of drug-likeness (QED) is 0.310. The number of fused-ring (bicyclic) bond motifs is 1. The largest absolute Gasteiger partial charge is 0.477 e. The lowest BCUT2D eigenvalue weighted by molar-refractivity contribution is -0.113. The highest BCUT2D eigenvalue weighted by Crippen LogP contribution is 2.26. The number of ether oxygens (including phenoxy) is 1. The molecular formula is C22H27ClN2O2. The van der Waals surface area contributed by atoms with E-state index < -0.39 is 5.91 Å². The van der Waals surface area contributed by atoms with Crippen LogP contribution in [-0.4, -0.2) is 17.5 Å². The van der Waals surface area contributed by atoms with Crippen LogP contribution in [0.25, 0.3) is 10.9 Å². The van der Waals surface area contributed by atoms with Crippen molar-refractivity contribution < 1.29 is 9.53 Å². The van der Waals surface area contributed by atoms with Crippen molar-refractivity contribution in [3.05, 3.63) is 59.2 Å². The van der Waals surface area contributed by atoms with Gasteiger partial charge in [-0.2, -0.15) is 0 Å². The van der Waals surface area contributed by atoms with Crippen molar-refractivity contribution in [1.82, 2.24) is 4.98 Å². The maximum absolute atomic E-state index is 10.7. The number of nitrogens with two attached hydrogens (primary N) is 1. The van der Waals surface area contributed by atoms with Gasteiger partial charge in [0.2, 0.25) is 11.8 Å². The van der Waals surface area contributed by atoms with Crippen molar-refractivity contribution in [3.63, 3.8) is 0 Å². The fourth-order valence-electron chi connectivity index (χ4n) is 2.78. The van der Waals surface area contributed by atoms with E-state index in [1.54, 1.807) is 0 Å². The van der Waals surface area contributed by atoms with Gasteiger partial charge < -0.3 is 10.5 Å². The number of amides is 1. The van der Waals surface area contributed by atoms with Gasteiger partial charge in [-0.3, -0.25) is 4.79 Å². The Labute approximate surface area is 166 Å². The van der Waals surface area contributed by atoms with Gasteiger partial charge in [-0.25, -0.2) is 4.98 Å². The number of hydrogen-bond donors (Lipinski definition) is 1. The molecule has 0 aliphatic heterocycles. The molecule has 0 atom stereocenters. The zero-order chi connectivity index (χ0) is 19.5. The van der Waals surface area contributed by atoms with Gasteiger partial charge in [0.25, 0.3) is 0 Å². The molecule has 27 heavy (non-hydrogen) atoms. The molecule has 0 spiro atoms. The summed E-state index contributed by atoms with van der Waals surface area (Å²) in [5, 5.41) is 1.57. The SMILES string of the molecule is CC(C=CCCCCCCCOc1nc2ccccc2cc1Cl)=CC(N)=O. The molecule has 4 nitrogen and oxygen atoms in total. The Hall–Kier alpha value is -2.33. The van der Waals surface area contributed by atoms with Gasteiger partial charge in [0.15, 0.2) is 0 Å². The first-order valence-electron chi connectivity index (χ1n) is 9.38. The first kappa shape index (κ1) is 21.0. The fraction of sp³-hybridized carbons (Fsp3) is 0.364. The minimum absolute atomic E-state index is 0.403. The molecule has 2 aromatic rings. The molecule has 1 heterocycles. The fourth-order valence-corrected chi connectivity index (χ4v) is 2.99. The monoisotopic (exact) mass is 386 g/mol. The Morgan fingerprint density at radius 3 is 2.74 bits per heavy atom. The second kappa shape index (κ2) is 11.4. The molecule has 0 unspecified atom stereocenters. The Morgan fingerprint density at radius 1 is 1.19 bits per heavy atom. The van der Waals surface area contributed by atoms with E-state index in [9.17, 15) is 4.79 Å². The highest BCUT2D eigenvalue weighted by Gasteiger charge is 2.05. The van der Waals surface area contributed by atoms with E-state index in [1.807, 2.05) is 43.3 Å². The van der Waals surface area contributed by atoms with Gasteiger partial charge in [-0.15, -0.1) is 0 Å². The van der Waals surface area contributed by atoms with Crippen LogP contribution in [0.2, 0.25) is 5.02 Å². The molecule has 1 amide bonds. The Morgan fingerprint density at radius 2 is 1.93 bits per heavy atom. The first-order valence-corrected chi connectivity index (χ1v) is 9.76. The Balaban J connectivity index is 1.58. The van der Waals surface area contributed by atoms with Crippen molar-refractivity contribution in [2.75, 3.05) is 6.61 Å². The maximum Gasteiger partial charge on any atom is 0.241 e. The molecule has 5 heteroatoms. The summed E-state index contributed by atoms with van der Waals surface area (Å²) in [5.41, 5.74) is 6.89. The zero-order valence-corrected chi connectivity index (χ0v) is 16.5. The molecule has 1 aromatic heterocycles. The minimum Gasteiger partial charge on any atom is -0.477 e. The van der Waals surface area contributed by atoms with Crippen LogP contribution in [0.3, 0.4) is 0 Å². The van der Waals surface area contributed by atoms with E-state index in [0.29, 0.717) is 17.5 Å². The van der Waals surface area contributed by atoms with Crippen LogP contribution in [0, 0.1) is 0 Å². The molecule has 144 valence electrons. The lowest BCUT2D eigenvalue weighted by Gasteiger charge is -2.08. The number of aromatic nitrogens is 1. The highest BCUT2D eigenvalue weighted by atomic mass is 35.5. The van der Waals surface area contributed by atoms with E-state index in [4.69, 9.17) is 22.1 Å². The minimum atomic E-state index is -0.403. The van der Waals surface area contributed by atoms with Crippen molar-refractivity contribution in [3.8, 4) is 5.88 Å². The number of carbonyl (C=O) groups is 1. The second-order valence-corrected chi connectivity index (χ2v) is 6.97. The molecule has 0 radical (unpaired) electrons. The van der Waals surface area contributed by atoms with Crippen LogP contribution in [0.15, 0.2) is 54.1 Å². The molecule has 0 saturated heterocycles. The van der Waals surface area contributed by atoms with Crippen molar-refractivity contribution in [2.24, 2.45) is 5.73 Å². The van der Waals surface area contributed by atoms with Crippen LogP contribution in [0.5, 0.6) is 5.88 Å². The molecule has 2 N–H and O–H groups in total. The summed E-state index contributed by atoms with van der Waals surface area (Å²) in [7, 11) is 0.